The van der Waals surface area contributed by atoms with Crippen LogP contribution in [-0.4, -0.2) is 38.8 Å². The normalized spacial score (nSPS) is 16.9. The van der Waals surface area contributed by atoms with E-state index in [1.165, 1.54) is 24.9 Å². The van der Waals surface area contributed by atoms with Gasteiger partial charge in [0.15, 0.2) is 0 Å². The quantitative estimate of drug-likeness (QED) is 0.865. The number of rotatable bonds is 5. The van der Waals surface area contributed by atoms with E-state index < -0.39 is 0 Å². The summed E-state index contributed by atoms with van der Waals surface area (Å²) in [7, 11) is 3.69. The minimum Gasteiger partial charge on any atom is -0.481 e. The number of nitrogens with one attached hydrogen (secondary N) is 1. The lowest BCUT2D eigenvalue weighted by molar-refractivity contribution is 0.376. The Kier molecular flexibility index (Phi) is 4.81. The molecule has 0 radical (unpaired) electrons. The van der Waals surface area contributed by atoms with Crippen LogP contribution in [0, 0.1) is 5.92 Å². The summed E-state index contributed by atoms with van der Waals surface area (Å²) in [6.45, 7) is 3.41. The van der Waals surface area contributed by atoms with Crippen molar-refractivity contribution in [1.82, 2.24) is 10.3 Å². The molecule has 1 N–H and O–H groups in total. The summed E-state index contributed by atoms with van der Waals surface area (Å²) in [5.41, 5.74) is 1.23. The van der Waals surface area contributed by atoms with Crippen LogP contribution in [0.15, 0.2) is 18.3 Å². The van der Waals surface area contributed by atoms with Gasteiger partial charge in [-0.15, -0.1) is 0 Å². The predicted molar refractivity (Wildman–Crippen MR) is 74.3 cm³/mol. The van der Waals surface area contributed by atoms with Crippen LogP contribution in [0.25, 0.3) is 0 Å². The van der Waals surface area contributed by atoms with Crippen LogP contribution < -0.4 is 15.0 Å². The molecular weight excluding hydrogens is 226 g/mol. The van der Waals surface area contributed by atoms with Crippen LogP contribution in [0.3, 0.4) is 0 Å². The van der Waals surface area contributed by atoms with E-state index in [1.807, 2.05) is 19.3 Å². The van der Waals surface area contributed by atoms with E-state index in [9.17, 15) is 0 Å². The van der Waals surface area contributed by atoms with Gasteiger partial charge in [-0.05, 0) is 44.8 Å². The molecule has 2 heterocycles. The molecule has 2 rings (SSSR count). The molecule has 1 aromatic heterocycles. The second kappa shape index (κ2) is 6.59. The van der Waals surface area contributed by atoms with Gasteiger partial charge in [-0.3, -0.25) is 0 Å². The predicted octanol–water partition coefficient (Wildman–Crippen LogP) is 1.92. The first-order valence-corrected chi connectivity index (χ1v) is 6.73. The molecular formula is C14H23N3O. The largest absolute Gasteiger partial charge is 0.481 e. The van der Waals surface area contributed by atoms with Crippen LogP contribution in [0.1, 0.15) is 19.3 Å². The van der Waals surface area contributed by atoms with Gasteiger partial charge < -0.3 is 15.0 Å². The summed E-state index contributed by atoms with van der Waals surface area (Å²) >= 11 is 0. The number of piperidine rings is 1. The van der Waals surface area contributed by atoms with Crippen LogP contribution >= 0.6 is 0 Å². The van der Waals surface area contributed by atoms with Gasteiger partial charge in [-0.2, -0.15) is 0 Å². The smallest absolute Gasteiger partial charge is 0.214 e. The van der Waals surface area contributed by atoms with Crippen LogP contribution in [0.5, 0.6) is 5.88 Å². The molecule has 1 saturated heterocycles. The Labute approximate surface area is 109 Å². The first-order valence-electron chi connectivity index (χ1n) is 6.73. The number of aromatic nitrogens is 1. The molecule has 100 valence electrons. The summed E-state index contributed by atoms with van der Waals surface area (Å²) in [5, 5.41) is 3.23. The van der Waals surface area contributed by atoms with Crippen molar-refractivity contribution in [3.8, 4) is 5.88 Å². The number of hydrogen-bond acceptors (Lipinski definition) is 4. The number of pyridine rings is 1. The van der Waals surface area contributed by atoms with Crippen LogP contribution in [0.2, 0.25) is 0 Å². The van der Waals surface area contributed by atoms with Gasteiger partial charge in [-0.25, -0.2) is 4.98 Å². The molecule has 0 unspecified atom stereocenters. The second-order valence-corrected chi connectivity index (χ2v) is 4.88. The van der Waals surface area contributed by atoms with Crippen LogP contribution in [-0.2, 0) is 0 Å². The van der Waals surface area contributed by atoms with E-state index in [0.717, 1.165) is 25.6 Å². The van der Waals surface area contributed by atoms with Gasteiger partial charge in [0.2, 0.25) is 5.88 Å². The topological polar surface area (TPSA) is 37.4 Å². The fourth-order valence-electron chi connectivity index (χ4n) is 2.54. The van der Waals surface area contributed by atoms with Crippen LogP contribution in [0.4, 0.5) is 5.69 Å². The van der Waals surface area contributed by atoms with Crippen molar-refractivity contribution in [2.75, 3.05) is 38.7 Å². The monoisotopic (exact) mass is 249 g/mol. The summed E-state index contributed by atoms with van der Waals surface area (Å²) < 4.78 is 5.17. The van der Waals surface area contributed by atoms with Gasteiger partial charge in [0.25, 0.3) is 0 Å². The maximum absolute atomic E-state index is 5.17. The molecule has 0 aliphatic carbocycles. The second-order valence-electron chi connectivity index (χ2n) is 4.88. The molecule has 4 nitrogen and oxygen atoms in total. The number of hydrogen-bond donors (Lipinski definition) is 1. The van der Waals surface area contributed by atoms with E-state index in [1.54, 1.807) is 7.11 Å². The van der Waals surface area contributed by atoms with E-state index >= 15 is 0 Å². The van der Waals surface area contributed by atoms with Gasteiger partial charge in [0.05, 0.1) is 7.11 Å². The standard InChI is InChI=1S/C14H23N3O/c1-15-7-3-12-5-9-17(10-6-12)13-4-8-16-14(11-13)18-2/h4,8,11-12,15H,3,5-7,9-10H2,1-2H3. The van der Waals surface area contributed by atoms with Crippen molar-refractivity contribution in [2.24, 2.45) is 5.92 Å². The van der Waals surface area contributed by atoms with E-state index in [-0.39, 0.29) is 0 Å². The molecule has 18 heavy (non-hydrogen) atoms. The number of nitrogens with zero attached hydrogens (tertiary/aromatic N) is 2. The van der Waals surface area contributed by atoms with E-state index in [2.05, 4.69) is 21.3 Å². The first kappa shape index (κ1) is 13.1. The average Bonchev–Trinajstić information content (AvgIpc) is 2.46. The molecule has 1 fully saturated rings. The molecule has 0 atom stereocenters. The minimum atomic E-state index is 0.699. The van der Waals surface area contributed by atoms with Crippen molar-refractivity contribution in [3.05, 3.63) is 18.3 Å². The van der Waals surface area contributed by atoms with Gasteiger partial charge in [-0.1, -0.05) is 0 Å². The molecule has 0 aromatic carbocycles. The summed E-state index contributed by atoms with van der Waals surface area (Å²) in [6.07, 6.45) is 5.68. The average molecular weight is 249 g/mol. The third kappa shape index (κ3) is 3.35. The molecule has 1 aliphatic heterocycles. The zero-order valence-corrected chi connectivity index (χ0v) is 11.4. The molecule has 1 aromatic rings. The van der Waals surface area contributed by atoms with Crippen molar-refractivity contribution in [1.29, 1.82) is 0 Å². The van der Waals surface area contributed by atoms with Crippen molar-refractivity contribution < 1.29 is 4.74 Å². The van der Waals surface area contributed by atoms with Gasteiger partial charge >= 0.3 is 0 Å². The lowest BCUT2D eigenvalue weighted by Gasteiger charge is -2.33. The Hall–Kier alpha value is -1.29. The molecule has 0 amide bonds. The fraction of sp³-hybridized carbons (Fsp3) is 0.643. The van der Waals surface area contributed by atoms with E-state index in [0.29, 0.717) is 5.88 Å². The fourth-order valence-corrected chi connectivity index (χ4v) is 2.54. The Bertz CT molecular complexity index is 362. The van der Waals surface area contributed by atoms with Crippen molar-refractivity contribution in [2.45, 2.75) is 19.3 Å². The Morgan fingerprint density at radius 1 is 1.44 bits per heavy atom. The highest BCUT2D eigenvalue weighted by molar-refractivity contribution is 5.48. The summed E-state index contributed by atoms with van der Waals surface area (Å²) in [5.74, 6) is 1.57. The molecule has 0 bridgehead atoms. The SMILES string of the molecule is CNCCC1CCN(c2ccnc(OC)c2)CC1. The summed E-state index contributed by atoms with van der Waals surface area (Å²) in [6, 6.07) is 4.09. The molecule has 1 aliphatic rings. The number of anilines is 1. The lowest BCUT2D eigenvalue weighted by atomic mass is 9.93. The highest BCUT2D eigenvalue weighted by atomic mass is 16.5. The molecule has 4 heteroatoms. The highest BCUT2D eigenvalue weighted by Gasteiger charge is 2.19. The maximum atomic E-state index is 5.17. The Morgan fingerprint density at radius 3 is 2.89 bits per heavy atom. The zero-order valence-electron chi connectivity index (χ0n) is 11.4. The number of ether oxygens (including phenoxy) is 1. The highest BCUT2D eigenvalue weighted by Crippen LogP contribution is 2.26. The van der Waals surface area contributed by atoms with Crippen molar-refractivity contribution >= 4 is 5.69 Å². The molecule has 0 saturated carbocycles. The van der Waals surface area contributed by atoms with Crippen molar-refractivity contribution in [3.63, 3.8) is 0 Å². The minimum absolute atomic E-state index is 0.699. The number of methoxy groups -OCH3 is 1. The maximum Gasteiger partial charge on any atom is 0.214 e. The summed E-state index contributed by atoms with van der Waals surface area (Å²) in [4.78, 5) is 6.58. The third-order valence-electron chi connectivity index (χ3n) is 3.71. The third-order valence-corrected chi connectivity index (χ3v) is 3.71. The lowest BCUT2D eigenvalue weighted by Crippen LogP contribution is -2.34. The Morgan fingerprint density at radius 2 is 2.22 bits per heavy atom. The molecule has 0 spiro atoms. The van der Waals surface area contributed by atoms with Gasteiger partial charge in [0, 0.05) is 31.0 Å². The first-order chi connectivity index (χ1) is 8.83. The van der Waals surface area contributed by atoms with Gasteiger partial charge in [0.1, 0.15) is 0 Å². The zero-order chi connectivity index (χ0) is 12.8. The Balaban J connectivity index is 1.88. The van der Waals surface area contributed by atoms with E-state index in [4.69, 9.17) is 4.74 Å².